The Morgan fingerprint density at radius 3 is 2.64 bits per heavy atom. The number of aryl methyl sites for hydroxylation is 2. The van der Waals surface area contributed by atoms with Gasteiger partial charge in [-0.25, -0.2) is 0 Å². The minimum Gasteiger partial charge on any atom is -0.346 e. The number of aromatic nitrogens is 1. The van der Waals surface area contributed by atoms with Crippen molar-refractivity contribution in [2.75, 3.05) is 0 Å². The van der Waals surface area contributed by atoms with Crippen LogP contribution in [0.1, 0.15) is 28.7 Å². The van der Waals surface area contributed by atoms with Crippen molar-refractivity contribution in [1.29, 1.82) is 0 Å². The Morgan fingerprint density at radius 1 is 1.64 bits per heavy atom. The largest absolute Gasteiger partial charge is 0.346 e. The highest BCUT2D eigenvalue weighted by atomic mass is 16.1. The molecule has 1 aromatic rings. The van der Waals surface area contributed by atoms with Gasteiger partial charge >= 0.3 is 0 Å². The third-order valence-electron chi connectivity index (χ3n) is 2.10. The standard InChI is InChI=1S/C9H13NO/c1-4-8-5-7(2)10(3)9(8)6-11/h5-6H,4H2,1-3H3. The normalized spacial score (nSPS) is 10.1. The zero-order valence-electron chi connectivity index (χ0n) is 7.22. The summed E-state index contributed by atoms with van der Waals surface area (Å²) in [4.78, 5) is 10.6. The first-order valence-electron chi connectivity index (χ1n) is 3.81. The smallest absolute Gasteiger partial charge is 0.166 e. The summed E-state index contributed by atoms with van der Waals surface area (Å²) in [5.41, 5.74) is 3.09. The highest BCUT2D eigenvalue weighted by molar-refractivity contribution is 5.75. The molecule has 0 aromatic carbocycles. The molecule has 0 saturated carbocycles. The minimum absolute atomic E-state index is 0.810. The van der Waals surface area contributed by atoms with Gasteiger partial charge in [0, 0.05) is 12.7 Å². The van der Waals surface area contributed by atoms with Crippen LogP contribution in [0.3, 0.4) is 0 Å². The van der Waals surface area contributed by atoms with Crippen molar-refractivity contribution in [3.63, 3.8) is 0 Å². The quantitative estimate of drug-likeness (QED) is 0.590. The van der Waals surface area contributed by atoms with Gasteiger partial charge in [0.1, 0.15) is 0 Å². The highest BCUT2D eigenvalue weighted by Crippen LogP contribution is 2.12. The Kier molecular flexibility index (Phi) is 2.13. The van der Waals surface area contributed by atoms with Crippen LogP contribution in [-0.2, 0) is 13.5 Å². The number of hydrogen-bond acceptors (Lipinski definition) is 1. The van der Waals surface area contributed by atoms with E-state index in [-0.39, 0.29) is 0 Å². The Hall–Kier alpha value is -1.05. The van der Waals surface area contributed by atoms with E-state index in [4.69, 9.17) is 0 Å². The number of hydrogen-bond donors (Lipinski definition) is 0. The van der Waals surface area contributed by atoms with Crippen molar-refractivity contribution in [3.05, 3.63) is 23.0 Å². The van der Waals surface area contributed by atoms with E-state index in [2.05, 4.69) is 13.0 Å². The zero-order valence-corrected chi connectivity index (χ0v) is 7.22. The first kappa shape index (κ1) is 8.05. The predicted octanol–water partition coefficient (Wildman–Crippen LogP) is 1.71. The minimum atomic E-state index is 0.810. The number of aldehydes is 1. The average molecular weight is 151 g/mol. The molecule has 2 heteroatoms. The van der Waals surface area contributed by atoms with E-state index in [0.717, 1.165) is 29.7 Å². The lowest BCUT2D eigenvalue weighted by atomic mass is 10.2. The molecule has 1 rings (SSSR count). The third-order valence-corrected chi connectivity index (χ3v) is 2.10. The van der Waals surface area contributed by atoms with Gasteiger partial charge in [-0.3, -0.25) is 4.79 Å². The van der Waals surface area contributed by atoms with Gasteiger partial charge < -0.3 is 4.57 Å². The van der Waals surface area contributed by atoms with Crippen LogP contribution in [0.25, 0.3) is 0 Å². The lowest BCUT2D eigenvalue weighted by Gasteiger charge is -1.97. The Bertz CT molecular complexity index is 273. The number of carbonyl (C=O) groups excluding carboxylic acids is 1. The number of nitrogens with zero attached hydrogens (tertiary/aromatic N) is 1. The van der Waals surface area contributed by atoms with Gasteiger partial charge in [0.05, 0.1) is 5.69 Å². The van der Waals surface area contributed by atoms with Crippen molar-refractivity contribution in [2.45, 2.75) is 20.3 Å². The molecule has 0 aliphatic rings. The maximum Gasteiger partial charge on any atom is 0.166 e. The Balaban J connectivity index is 3.26. The van der Waals surface area contributed by atoms with Crippen LogP contribution >= 0.6 is 0 Å². The molecule has 0 fully saturated rings. The molecule has 11 heavy (non-hydrogen) atoms. The van der Waals surface area contributed by atoms with E-state index in [1.807, 2.05) is 18.5 Å². The van der Waals surface area contributed by atoms with Crippen molar-refractivity contribution in [3.8, 4) is 0 Å². The van der Waals surface area contributed by atoms with Crippen molar-refractivity contribution in [2.24, 2.45) is 7.05 Å². The second kappa shape index (κ2) is 2.91. The fraction of sp³-hybridized carbons (Fsp3) is 0.444. The molecule has 0 radical (unpaired) electrons. The maximum absolute atomic E-state index is 10.6. The van der Waals surface area contributed by atoms with E-state index in [1.165, 1.54) is 0 Å². The molecule has 0 spiro atoms. The van der Waals surface area contributed by atoms with Gasteiger partial charge in [0.25, 0.3) is 0 Å². The van der Waals surface area contributed by atoms with Crippen LogP contribution < -0.4 is 0 Å². The van der Waals surface area contributed by atoms with E-state index in [0.29, 0.717) is 0 Å². The van der Waals surface area contributed by atoms with Gasteiger partial charge in [0.2, 0.25) is 0 Å². The molecule has 0 amide bonds. The molecular weight excluding hydrogens is 138 g/mol. The second-order valence-electron chi connectivity index (χ2n) is 2.73. The zero-order chi connectivity index (χ0) is 8.43. The highest BCUT2D eigenvalue weighted by Gasteiger charge is 2.06. The molecule has 0 aliphatic carbocycles. The number of carbonyl (C=O) groups is 1. The van der Waals surface area contributed by atoms with Crippen LogP contribution in [0.15, 0.2) is 6.07 Å². The van der Waals surface area contributed by atoms with Crippen LogP contribution in [0.4, 0.5) is 0 Å². The first-order valence-corrected chi connectivity index (χ1v) is 3.81. The lowest BCUT2D eigenvalue weighted by molar-refractivity contribution is 0.111. The lowest BCUT2D eigenvalue weighted by Crippen LogP contribution is -1.97. The van der Waals surface area contributed by atoms with Gasteiger partial charge in [-0.15, -0.1) is 0 Å². The summed E-state index contributed by atoms with van der Waals surface area (Å²) in [6.07, 6.45) is 1.85. The summed E-state index contributed by atoms with van der Waals surface area (Å²) in [7, 11) is 1.91. The molecule has 0 aliphatic heterocycles. The molecule has 0 N–H and O–H groups in total. The fourth-order valence-corrected chi connectivity index (χ4v) is 1.27. The fourth-order valence-electron chi connectivity index (χ4n) is 1.27. The maximum atomic E-state index is 10.6. The van der Waals surface area contributed by atoms with Crippen LogP contribution in [0.2, 0.25) is 0 Å². The molecule has 1 heterocycles. The third kappa shape index (κ3) is 1.20. The predicted molar refractivity (Wildman–Crippen MR) is 44.9 cm³/mol. The molecule has 0 bridgehead atoms. The molecule has 2 nitrogen and oxygen atoms in total. The van der Waals surface area contributed by atoms with Crippen molar-refractivity contribution in [1.82, 2.24) is 4.57 Å². The first-order chi connectivity index (χ1) is 5.20. The summed E-state index contributed by atoms with van der Waals surface area (Å²) in [5.74, 6) is 0. The van der Waals surface area contributed by atoms with E-state index in [9.17, 15) is 4.79 Å². The van der Waals surface area contributed by atoms with Crippen LogP contribution in [0.5, 0.6) is 0 Å². The Morgan fingerprint density at radius 2 is 2.27 bits per heavy atom. The van der Waals surface area contributed by atoms with Gasteiger partial charge in [-0.05, 0) is 25.0 Å². The molecule has 0 saturated heterocycles. The van der Waals surface area contributed by atoms with E-state index in [1.54, 1.807) is 0 Å². The summed E-state index contributed by atoms with van der Waals surface area (Å²) in [6.45, 7) is 4.06. The topological polar surface area (TPSA) is 22.0 Å². The SMILES string of the molecule is CCc1cc(C)n(C)c1C=O. The molecular formula is C9H13NO. The van der Waals surface area contributed by atoms with Gasteiger partial charge in [0.15, 0.2) is 6.29 Å². The average Bonchev–Trinajstić information content (AvgIpc) is 2.28. The second-order valence-corrected chi connectivity index (χ2v) is 2.73. The molecule has 60 valence electrons. The van der Waals surface area contributed by atoms with Crippen LogP contribution in [-0.4, -0.2) is 10.9 Å². The number of rotatable bonds is 2. The van der Waals surface area contributed by atoms with Gasteiger partial charge in [-0.1, -0.05) is 6.92 Å². The van der Waals surface area contributed by atoms with Crippen molar-refractivity contribution >= 4 is 6.29 Å². The van der Waals surface area contributed by atoms with Crippen LogP contribution in [0, 0.1) is 6.92 Å². The van der Waals surface area contributed by atoms with Crippen molar-refractivity contribution < 1.29 is 4.79 Å². The monoisotopic (exact) mass is 151 g/mol. The molecule has 0 atom stereocenters. The summed E-state index contributed by atoms with van der Waals surface area (Å²) in [5, 5.41) is 0. The van der Waals surface area contributed by atoms with E-state index >= 15 is 0 Å². The van der Waals surface area contributed by atoms with Gasteiger partial charge in [-0.2, -0.15) is 0 Å². The molecule has 1 aromatic heterocycles. The Labute approximate surface area is 66.8 Å². The summed E-state index contributed by atoms with van der Waals surface area (Å²) < 4.78 is 1.92. The van der Waals surface area contributed by atoms with E-state index < -0.39 is 0 Å². The molecule has 0 unspecified atom stereocenters. The summed E-state index contributed by atoms with van der Waals surface area (Å²) >= 11 is 0. The summed E-state index contributed by atoms with van der Waals surface area (Å²) in [6, 6.07) is 2.06.